The van der Waals surface area contributed by atoms with Gasteiger partial charge in [-0.25, -0.2) is 0 Å². The molecule has 1 aliphatic heterocycles. The molecule has 1 heterocycles. The van der Waals surface area contributed by atoms with Crippen molar-refractivity contribution < 1.29 is 14.3 Å². The summed E-state index contributed by atoms with van der Waals surface area (Å²) >= 11 is 0. The number of carbonyl (C=O) groups excluding carboxylic acids is 2. The van der Waals surface area contributed by atoms with Gasteiger partial charge in [0, 0.05) is 24.7 Å². The van der Waals surface area contributed by atoms with Gasteiger partial charge in [0.15, 0.2) is 6.10 Å². The third-order valence-electron chi connectivity index (χ3n) is 5.38. The molecule has 0 aliphatic carbocycles. The number of hydrogen-bond acceptors (Lipinski definition) is 3. The fourth-order valence-corrected chi connectivity index (χ4v) is 3.50. The van der Waals surface area contributed by atoms with Gasteiger partial charge in [0.05, 0.1) is 0 Å². The summed E-state index contributed by atoms with van der Waals surface area (Å²) < 4.78 is 5.79. The number of carbonyl (C=O) groups is 2. The SMILES string of the molecule is CC(Oc1ccc(C(C)C)cc1)C(=O)NC1CCN(C(=O)c2ccccc2)CC1. The Bertz CT molecular complexity index is 810. The Kier molecular flexibility index (Phi) is 6.91. The molecule has 0 spiro atoms. The predicted octanol–water partition coefficient (Wildman–Crippen LogP) is 4.00. The van der Waals surface area contributed by atoms with Gasteiger partial charge in [-0.1, -0.05) is 44.2 Å². The molecule has 1 fully saturated rings. The summed E-state index contributed by atoms with van der Waals surface area (Å²) in [5.74, 6) is 1.09. The first-order chi connectivity index (χ1) is 13.9. The average Bonchev–Trinajstić information content (AvgIpc) is 2.74. The molecule has 3 rings (SSSR count). The van der Waals surface area contributed by atoms with Crippen LogP contribution >= 0.6 is 0 Å². The molecule has 29 heavy (non-hydrogen) atoms. The minimum atomic E-state index is -0.566. The fourth-order valence-electron chi connectivity index (χ4n) is 3.50. The lowest BCUT2D eigenvalue weighted by Crippen LogP contribution is -2.49. The van der Waals surface area contributed by atoms with Gasteiger partial charge in [-0.05, 0) is 55.5 Å². The van der Waals surface area contributed by atoms with Crippen LogP contribution in [-0.4, -0.2) is 41.9 Å². The zero-order valence-electron chi connectivity index (χ0n) is 17.4. The van der Waals surface area contributed by atoms with E-state index in [1.165, 1.54) is 5.56 Å². The van der Waals surface area contributed by atoms with E-state index in [4.69, 9.17) is 4.74 Å². The van der Waals surface area contributed by atoms with Crippen LogP contribution in [0.25, 0.3) is 0 Å². The van der Waals surface area contributed by atoms with Gasteiger partial charge in [0.1, 0.15) is 5.75 Å². The van der Waals surface area contributed by atoms with Crippen LogP contribution in [0.2, 0.25) is 0 Å². The Morgan fingerprint density at radius 2 is 1.59 bits per heavy atom. The normalized spacial score (nSPS) is 15.8. The summed E-state index contributed by atoms with van der Waals surface area (Å²) in [7, 11) is 0. The Hall–Kier alpha value is -2.82. The number of nitrogens with one attached hydrogen (secondary N) is 1. The van der Waals surface area contributed by atoms with Crippen LogP contribution in [0.1, 0.15) is 55.5 Å². The highest BCUT2D eigenvalue weighted by Gasteiger charge is 2.26. The summed E-state index contributed by atoms with van der Waals surface area (Å²) in [5.41, 5.74) is 1.95. The number of likely N-dealkylation sites (tertiary alicyclic amines) is 1. The number of nitrogens with zero attached hydrogens (tertiary/aromatic N) is 1. The number of amides is 2. The second-order valence-corrected chi connectivity index (χ2v) is 7.92. The Morgan fingerprint density at radius 1 is 0.966 bits per heavy atom. The molecule has 0 radical (unpaired) electrons. The van der Waals surface area contributed by atoms with E-state index in [2.05, 4.69) is 19.2 Å². The van der Waals surface area contributed by atoms with Crippen molar-refractivity contribution >= 4 is 11.8 Å². The van der Waals surface area contributed by atoms with Crippen LogP contribution in [0.4, 0.5) is 0 Å². The second-order valence-electron chi connectivity index (χ2n) is 7.92. The molecule has 2 aromatic carbocycles. The average molecular weight is 395 g/mol. The first-order valence-corrected chi connectivity index (χ1v) is 10.4. The van der Waals surface area contributed by atoms with Crippen LogP contribution in [0, 0.1) is 0 Å². The summed E-state index contributed by atoms with van der Waals surface area (Å²) in [6, 6.07) is 17.3. The molecule has 2 amide bonds. The molecule has 1 saturated heterocycles. The van der Waals surface area contributed by atoms with Gasteiger partial charge < -0.3 is 15.0 Å². The van der Waals surface area contributed by atoms with Crippen molar-refractivity contribution in [3.05, 3.63) is 65.7 Å². The highest BCUT2D eigenvalue weighted by Crippen LogP contribution is 2.20. The smallest absolute Gasteiger partial charge is 0.260 e. The van der Waals surface area contributed by atoms with Crippen molar-refractivity contribution in [1.29, 1.82) is 0 Å². The quantitative estimate of drug-likeness (QED) is 0.806. The maximum atomic E-state index is 12.5. The maximum Gasteiger partial charge on any atom is 0.260 e. The van der Waals surface area contributed by atoms with E-state index in [1.54, 1.807) is 6.92 Å². The van der Waals surface area contributed by atoms with Crippen molar-refractivity contribution in [1.82, 2.24) is 10.2 Å². The highest BCUT2D eigenvalue weighted by molar-refractivity contribution is 5.94. The molecular weight excluding hydrogens is 364 g/mol. The van der Waals surface area contributed by atoms with E-state index in [0.717, 1.165) is 12.8 Å². The Balaban J connectivity index is 1.46. The largest absolute Gasteiger partial charge is 0.481 e. The lowest BCUT2D eigenvalue weighted by molar-refractivity contribution is -0.128. The first-order valence-electron chi connectivity index (χ1n) is 10.4. The topological polar surface area (TPSA) is 58.6 Å². The van der Waals surface area contributed by atoms with E-state index in [1.807, 2.05) is 59.5 Å². The predicted molar refractivity (Wildman–Crippen MR) is 114 cm³/mol. The zero-order chi connectivity index (χ0) is 20.8. The maximum absolute atomic E-state index is 12.5. The monoisotopic (exact) mass is 394 g/mol. The molecule has 0 saturated carbocycles. The fraction of sp³-hybridized carbons (Fsp3) is 0.417. The van der Waals surface area contributed by atoms with Crippen molar-refractivity contribution in [2.45, 2.75) is 51.7 Å². The molecule has 2 aromatic rings. The molecule has 1 N–H and O–H groups in total. The summed E-state index contributed by atoms with van der Waals surface area (Å²) in [6.45, 7) is 7.34. The van der Waals surface area contributed by atoms with Crippen molar-refractivity contribution in [2.75, 3.05) is 13.1 Å². The van der Waals surface area contributed by atoms with Gasteiger partial charge in [-0.2, -0.15) is 0 Å². The third-order valence-corrected chi connectivity index (χ3v) is 5.38. The van der Waals surface area contributed by atoms with Crippen LogP contribution in [0.5, 0.6) is 5.75 Å². The zero-order valence-corrected chi connectivity index (χ0v) is 17.4. The number of benzene rings is 2. The summed E-state index contributed by atoms with van der Waals surface area (Å²) in [4.78, 5) is 26.9. The molecule has 1 atom stereocenters. The lowest BCUT2D eigenvalue weighted by Gasteiger charge is -2.33. The Morgan fingerprint density at radius 3 is 2.17 bits per heavy atom. The van der Waals surface area contributed by atoms with Crippen molar-refractivity contribution in [2.24, 2.45) is 0 Å². The minimum Gasteiger partial charge on any atom is -0.481 e. The lowest BCUT2D eigenvalue weighted by atomic mass is 10.0. The molecule has 154 valence electrons. The van der Waals surface area contributed by atoms with Crippen molar-refractivity contribution in [3.63, 3.8) is 0 Å². The van der Waals surface area contributed by atoms with Gasteiger partial charge in [0.2, 0.25) is 0 Å². The van der Waals surface area contributed by atoms with Gasteiger partial charge in [0.25, 0.3) is 11.8 Å². The first kappa shape index (κ1) is 20.9. The second kappa shape index (κ2) is 9.59. The minimum absolute atomic E-state index is 0.0527. The van der Waals surface area contributed by atoms with Gasteiger partial charge in [-0.15, -0.1) is 0 Å². The number of ether oxygens (including phenoxy) is 1. The molecular formula is C24H30N2O3. The third kappa shape index (κ3) is 5.59. The van der Waals surface area contributed by atoms with E-state index < -0.39 is 6.10 Å². The van der Waals surface area contributed by atoms with Gasteiger partial charge >= 0.3 is 0 Å². The molecule has 5 nitrogen and oxygen atoms in total. The van der Waals surface area contributed by atoms with Crippen LogP contribution < -0.4 is 10.1 Å². The molecule has 1 aliphatic rings. The standard InChI is InChI=1S/C24H30N2O3/c1-17(2)19-9-11-22(12-10-19)29-18(3)23(27)25-21-13-15-26(16-14-21)24(28)20-7-5-4-6-8-20/h4-12,17-18,21H,13-16H2,1-3H3,(H,25,27). The molecule has 5 heteroatoms. The van der Waals surface area contributed by atoms with E-state index >= 15 is 0 Å². The van der Waals surface area contributed by atoms with Crippen LogP contribution in [0.3, 0.4) is 0 Å². The van der Waals surface area contributed by atoms with Crippen molar-refractivity contribution in [3.8, 4) is 5.75 Å². The highest BCUT2D eigenvalue weighted by atomic mass is 16.5. The van der Waals surface area contributed by atoms with Gasteiger partial charge in [-0.3, -0.25) is 9.59 Å². The number of hydrogen-bond donors (Lipinski definition) is 1. The summed E-state index contributed by atoms with van der Waals surface area (Å²) in [5, 5.41) is 3.07. The van der Waals surface area contributed by atoms with Crippen LogP contribution in [-0.2, 0) is 4.79 Å². The van der Waals surface area contributed by atoms with E-state index in [0.29, 0.717) is 30.3 Å². The number of piperidine rings is 1. The van der Waals surface area contributed by atoms with E-state index in [9.17, 15) is 9.59 Å². The van der Waals surface area contributed by atoms with Crippen LogP contribution in [0.15, 0.2) is 54.6 Å². The summed E-state index contributed by atoms with van der Waals surface area (Å²) in [6.07, 6.45) is 0.934. The molecule has 0 bridgehead atoms. The number of rotatable bonds is 6. The molecule has 1 unspecified atom stereocenters. The Labute approximate surface area is 173 Å². The van der Waals surface area contributed by atoms with E-state index in [-0.39, 0.29) is 17.9 Å². The molecule has 0 aromatic heterocycles.